The number of hydrogen-bond donors (Lipinski definition) is 0. The summed E-state index contributed by atoms with van der Waals surface area (Å²) in [6, 6.07) is 23.8. The van der Waals surface area contributed by atoms with Crippen LogP contribution < -0.4 is 0 Å². The van der Waals surface area contributed by atoms with Gasteiger partial charge >= 0.3 is 0 Å². The van der Waals surface area contributed by atoms with Crippen LogP contribution in [-0.4, -0.2) is 15.6 Å². The molecule has 1 atom stereocenters. The molecule has 1 nitrogen and oxygen atoms in total. The molecule has 0 saturated carbocycles. The summed E-state index contributed by atoms with van der Waals surface area (Å²) in [7, 11) is -1.06. The Balaban J connectivity index is 1.85. The Morgan fingerprint density at radius 3 is 2.33 bits per heavy atom. The van der Waals surface area contributed by atoms with Gasteiger partial charge in [0.15, 0.2) is 9.04 Å². The van der Waals surface area contributed by atoms with Crippen LogP contribution >= 0.6 is 0 Å². The smallest absolute Gasteiger partial charge is 0.181 e. The van der Waals surface area contributed by atoms with E-state index in [0.717, 1.165) is 12.7 Å². The lowest BCUT2D eigenvalue weighted by atomic mass is 10.0. The van der Waals surface area contributed by atoms with Crippen LogP contribution in [0.3, 0.4) is 0 Å². The van der Waals surface area contributed by atoms with Gasteiger partial charge in [-0.2, -0.15) is 0 Å². The molecule has 1 aliphatic rings. The first kappa shape index (κ1) is 14.3. The van der Waals surface area contributed by atoms with Gasteiger partial charge in [-0.1, -0.05) is 73.2 Å². The molecule has 1 heterocycles. The second-order valence-electron chi connectivity index (χ2n) is 5.64. The van der Waals surface area contributed by atoms with Crippen LogP contribution in [0.25, 0.3) is 11.6 Å². The van der Waals surface area contributed by atoms with Crippen LogP contribution in [0.4, 0.5) is 0 Å². The van der Waals surface area contributed by atoms with Crippen molar-refractivity contribution < 1.29 is 4.43 Å². The van der Waals surface area contributed by atoms with E-state index in [2.05, 4.69) is 66.7 Å². The summed E-state index contributed by atoms with van der Waals surface area (Å²) in [6.45, 7) is 0.976. The molecular weight excluding hydrogens is 272 g/mol. The molecule has 0 bridgehead atoms. The Bertz CT molecular complexity index is 571. The normalized spacial score (nSPS) is 19.4. The average Bonchev–Trinajstić information content (AvgIpc) is 2.57. The molecule has 0 amide bonds. The van der Waals surface area contributed by atoms with Crippen LogP contribution in [-0.2, 0) is 4.43 Å². The van der Waals surface area contributed by atoms with Crippen molar-refractivity contribution in [3.8, 4) is 0 Å². The molecule has 2 aromatic carbocycles. The van der Waals surface area contributed by atoms with Gasteiger partial charge < -0.3 is 4.43 Å². The molecule has 1 fully saturated rings. The second kappa shape index (κ2) is 7.39. The van der Waals surface area contributed by atoms with Crippen molar-refractivity contribution in [2.75, 3.05) is 6.61 Å². The maximum Gasteiger partial charge on any atom is 0.181 e. The van der Waals surface area contributed by atoms with E-state index >= 15 is 0 Å². The van der Waals surface area contributed by atoms with E-state index in [9.17, 15) is 0 Å². The zero-order valence-electron chi connectivity index (χ0n) is 12.4. The van der Waals surface area contributed by atoms with E-state index in [-0.39, 0.29) is 0 Å². The van der Waals surface area contributed by atoms with E-state index in [1.807, 2.05) is 0 Å². The van der Waals surface area contributed by atoms with Gasteiger partial charge in [0, 0.05) is 6.61 Å². The number of benzene rings is 2. The Labute approximate surface area is 129 Å². The molecule has 1 unspecified atom stereocenters. The highest BCUT2D eigenvalue weighted by Crippen LogP contribution is 2.27. The van der Waals surface area contributed by atoms with Gasteiger partial charge in [-0.25, -0.2) is 0 Å². The molecule has 0 N–H and O–H groups in total. The maximum atomic E-state index is 6.07. The van der Waals surface area contributed by atoms with Crippen molar-refractivity contribution in [2.24, 2.45) is 0 Å². The molecule has 0 spiro atoms. The van der Waals surface area contributed by atoms with E-state index in [0.29, 0.717) is 0 Å². The van der Waals surface area contributed by atoms with Crippen LogP contribution in [0.2, 0.25) is 12.1 Å². The zero-order chi connectivity index (χ0) is 14.3. The summed E-state index contributed by atoms with van der Waals surface area (Å²) in [5, 5.41) is 0. The highest BCUT2D eigenvalue weighted by molar-refractivity contribution is 6.54. The van der Waals surface area contributed by atoms with E-state index in [1.165, 1.54) is 35.6 Å². The third kappa shape index (κ3) is 4.16. The molecule has 1 saturated heterocycles. The van der Waals surface area contributed by atoms with E-state index in [4.69, 9.17) is 4.43 Å². The number of rotatable bonds is 4. The molecule has 0 aromatic heterocycles. The van der Waals surface area contributed by atoms with Crippen LogP contribution in [0.1, 0.15) is 24.0 Å². The van der Waals surface area contributed by atoms with E-state index in [1.54, 1.807) is 0 Å². The predicted octanol–water partition coefficient (Wildman–Crippen LogP) is 4.76. The monoisotopic (exact) mass is 294 g/mol. The fourth-order valence-corrected chi connectivity index (χ4v) is 5.45. The highest BCUT2D eigenvalue weighted by atomic mass is 28.3. The largest absolute Gasteiger partial charge is 0.420 e. The Hall–Kier alpha value is -1.64. The molecule has 3 rings (SSSR count). The summed E-state index contributed by atoms with van der Waals surface area (Å²) >= 11 is 0. The Morgan fingerprint density at radius 1 is 0.952 bits per heavy atom. The molecule has 0 radical (unpaired) electrons. The molecule has 21 heavy (non-hydrogen) atoms. The van der Waals surface area contributed by atoms with Crippen LogP contribution in [0.5, 0.6) is 0 Å². The van der Waals surface area contributed by atoms with Crippen LogP contribution in [0, 0.1) is 0 Å². The van der Waals surface area contributed by atoms with Crippen molar-refractivity contribution >= 4 is 20.7 Å². The third-order valence-corrected chi connectivity index (χ3v) is 6.66. The van der Waals surface area contributed by atoms with Gasteiger partial charge in [-0.3, -0.25) is 0 Å². The number of allylic oxidation sites excluding steroid dienone is 1. The minimum absolute atomic E-state index is 0.976. The first-order valence-electron chi connectivity index (χ1n) is 7.84. The molecule has 2 heteroatoms. The zero-order valence-corrected chi connectivity index (χ0v) is 13.5. The molecule has 1 aliphatic heterocycles. The first-order chi connectivity index (χ1) is 10.4. The SMILES string of the molecule is C(=C(C[SiH]1CCCCO1)c1ccccc1)c1ccccc1. The summed E-state index contributed by atoms with van der Waals surface area (Å²) < 4.78 is 6.07. The lowest BCUT2D eigenvalue weighted by molar-refractivity contribution is 0.289. The number of hydrogen-bond acceptors (Lipinski definition) is 1. The fourth-order valence-electron chi connectivity index (χ4n) is 2.88. The summed E-state index contributed by atoms with van der Waals surface area (Å²) in [6.07, 6.45) is 4.93. The highest BCUT2D eigenvalue weighted by Gasteiger charge is 2.18. The molecule has 108 valence electrons. The summed E-state index contributed by atoms with van der Waals surface area (Å²) in [5.41, 5.74) is 4.05. The third-order valence-electron chi connectivity index (χ3n) is 4.01. The molecule has 2 aromatic rings. The fraction of sp³-hybridized carbons (Fsp3) is 0.263. The average molecular weight is 294 g/mol. The van der Waals surface area contributed by atoms with Crippen molar-refractivity contribution in [3.05, 3.63) is 71.8 Å². The lowest BCUT2D eigenvalue weighted by Gasteiger charge is -2.22. The molecule has 0 aliphatic carbocycles. The molecular formula is C19H22OSi. The van der Waals surface area contributed by atoms with Gasteiger partial charge in [0.05, 0.1) is 0 Å². The van der Waals surface area contributed by atoms with Gasteiger partial charge in [0.2, 0.25) is 0 Å². The van der Waals surface area contributed by atoms with Crippen LogP contribution in [0.15, 0.2) is 60.7 Å². The van der Waals surface area contributed by atoms with Gasteiger partial charge in [-0.15, -0.1) is 0 Å². The van der Waals surface area contributed by atoms with E-state index < -0.39 is 9.04 Å². The van der Waals surface area contributed by atoms with Crippen molar-refractivity contribution in [2.45, 2.75) is 24.9 Å². The second-order valence-corrected chi connectivity index (χ2v) is 8.20. The minimum Gasteiger partial charge on any atom is -0.420 e. The predicted molar refractivity (Wildman–Crippen MR) is 92.7 cm³/mol. The minimum atomic E-state index is -1.06. The summed E-state index contributed by atoms with van der Waals surface area (Å²) in [5.74, 6) is 0. The van der Waals surface area contributed by atoms with Gasteiger partial charge in [0.25, 0.3) is 0 Å². The van der Waals surface area contributed by atoms with Crippen molar-refractivity contribution in [1.82, 2.24) is 0 Å². The quantitative estimate of drug-likeness (QED) is 0.583. The topological polar surface area (TPSA) is 9.23 Å². The Morgan fingerprint density at radius 2 is 1.67 bits per heavy atom. The van der Waals surface area contributed by atoms with Gasteiger partial charge in [0.1, 0.15) is 0 Å². The van der Waals surface area contributed by atoms with Gasteiger partial charge in [-0.05, 0) is 35.2 Å². The maximum absolute atomic E-state index is 6.07. The van der Waals surface area contributed by atoms with Crippen molar-refractivity contribution in [1.29, 1.82) is 0 Å². The summed E-state index contributed by atoms with van der Waals surface area (Å²) in [4.78, 5) is 0. The van der Waals surface area contributed by atoms with Crippen molar-refractivity contribution in [3.63, 3.8) is 0 Å². The Kier molecular flexibility index (Phi) is 5.03. The lowest BCUT2D eigenvalue weighted by Crippen LogP contribution is -2.23. The first-order valence-corrected chi connectivity index (χ1v) is 9.95. The standard InChI is InChI=1S/C19H22OSi/c1-3-9-17(10-4-1)15-19(18-11-5-2-6-12-18)16-21-14-8-7-13-20-21/h1-6,9-12,15,21H,7-8,13-14,16H2.